The van der Waals surface area contributed by atoms with E-state index in [4.69, 9.17) is 5.73 Å². The highest BCUT2D eigenvalue weighted by Crippen LogP contribution is 2.32. The molecule has 3 N–H and O–H groups in total. The van der Waals surface area contributed by atoms with E-state index in [1.807, 2.05) is 60.0 Å². The van der Waals surface area contributed by atoms with E-state index in [-0.39, 0.29) is 0 Å². The molecule has 1 unspecified atom stereocenters. The van der Waals surface area contributed by atoms with Crippen LogP contribution in [-0.2, 0) is 4.79 Å². The zero-order valence-corrected chi connectivity index (χ0v) is 15.8. The van der Waals surface area contributed by atoms with Crippen molar-refractivity contribution in [3.8, 4) is 22.3 Å². The first-order valence-corrected chi connectivity index (χ1v) is 9.56. The highest BCUT2D eigenvalue weighted by Gasteiger charge is 2.20. The number of fused-ring (bicyclic) bond motifs is 1. The van der Waals surface area contributed by atoms with Gasteiger partial charge in [0.2, 0.25) is 5.91 Å². The summed E-state index contributed by atoms with van der Waals surface area (Å²) in [5.74, 6) is -0.740. The van der Waals surface area contributed by atoms with E-state index in [0.717, 1.165) is 21.3 Å². The average molecular weight is 391 g/mol. The van der Waals surface area contributed by atoms with Gasteiger partial charge >= 0.3 is 5.69 Å². The summed E-state index contributed by atoms with van der Waals surface area (Å²) in [5.41, 5.74) is 7.87. The van der Waals surface area contributed by atoms with E-state index in [0.29, 0.717) is 15.8 Å². The topological polar surface area (TPSA) is 97.9 Å². The van der Waals surface area contributed by atoms with Crippen molar-refractivity contribution >= 4 is 27.5 Å². The first-order chi connectivity index (χ1) is 13.5. The second-order valence-electron chi connectivity index (χ2n) is 6.48. The van der Waals surface area contributed by atoms with Crippen molar-refractivity contribution in [2.45, 2.75) is 13.0 Å². The number of nitrogens with zero attached hydrogens (tertiary/aromatic N) is 1. The van der Waals surface area contributed by atoms with E-state index < -0.39 is 23.2 Å². The molecule has 7 heteroatoms. The second kappa shape index (κ2) is 6.94. The summed E-state index contributed by atoms with van der Waals surface area (Å²) in [7, 11) is 0. The highest BCUT2D eigenvalue weighted by atomic mass is 32.1. The molecule has 4 rings (SSSR count). The molecule has 0 fully saturated rings. The average Bonchev–Trinajstić information content (AvgIpc) is 3.12. The summed E-state index contributed by atoms with van der Waals surface area (Å²) in [5, 5.41) is 2.21. The summed E-state index contributed by atoms with van der Waals surface area (Å²) in [4.78, 5) is 39.9. The van der Waals surface area contributed by atoms with Crippen LogP contribution in [0.4, 0.5) is 0 Å². The minimum absolute atomic E-state index is 0.380. The standard InChI is InChI=1S/C21H17N3O3S/c1-12(18(22)25)24-20(26)17-16(11-28-19(17)23-21(24)27)15-9-7-14(8-10-15)13-5-3-2-4-6-13/h2-12H,1H3,(H2,22,25)(H,23,27). The van der Waals surface area contributed by atoms with Gasteiger partial charge < -0.3 is 5.73 Å². The molecule has 1 amide bonds. The maximum absolute atomic E-state index is 13.0. The van der Waals surface area contributed by atoms with E-state index in [2.05, 4.69) is 4.98 Å². The van der Waals surface area contributed by atoms with E-state index >= 15 is 0 Å². The molecule has 2 aromatic heterocycles. The predicted octanol–water partition coefficient (Wildman–Crippen LogP) is 3.13. The number of amides is 1. The van der Waals surface area contributed by atoms with Gasteiger partial charge in [-0.05, 0) is 23.6 Å². The molecule has 0 spiro atoms. The fourth-order valence-corrected chi connectivity index (χ4v) is 4.15. The number of rotatable bonds is 4. The van der Waals surface area contributed by atoms with Gasteiger partial charge in [-0.25, -0.2) is 9.36 Å². The number of aromatic amines is 1. The number of nitrogens with one attached hydrogen (secondary N) is 1. The molecule has 0 saturated carbocycles. The highest BCUT2D eigenvalue weighted by molar-refractivity contribution is 7.17. The molecule has 4 aromatic rings. The summed E-state index contributed by atoms with van der Waals surface area (Å²) < 4.78 is 0.874. The van der Waals surface area contributed by atoms with Gasteiger partial charge in [0.1, 0.15) is 10.9 Å². The number of carbonyl (C=O) groups is 1. The molecule has 140 valence electrons. The Bertz CT molecular complexity index is 1280. The Labute approximate surface area is 163 Å². The van der Waals surface area contributed by atoms with Gasteiger partial charge in [0, 0.05) is 10.9 Å². The zero-order chi connectivity index (χ0) is 19.8. The third kappa shape index (κ3) is 2.95. The normalized spacial score (nSPS) is 12.2. The summed E-state index contributed by atoms with van der Waals surface area (Å²) in [6.45, 7) is 1.44. The molecular weight excluding hydrogens is 374 g/mol. The number of aromatic nitrogens is 2. The molecule has 2 heterocycles. The van der Waals surface area contributed by atoms with Crippen LogP contribution in [0.2, 0.25) is 0 Å². The van der Waals surface area contributed by atoms with Crippen molar-refractivity contribution in [3.63, 3.8) is 0 Å². The SMILES string of the molecule is CC(C(N)=O)n1c(=O)[nH]c2scc(-c3ccc(-c4ccccc4)cc3)c2c1=O. The monoisotopic (exact) mass is 391 g/mol. The van der Waals surface area contributed by atoms with Crippen LogP contribution in [0.15, 0.2) is 69.6 Å². The van der Waals surface area contributed by atoms with Gasteiger partial charge in [-0.2, -0.15) is 0 Å². The molecule has 0 radical (unpaired) electrons. The molecule has 1 atom stereocenters. The van der Waals surface area contributed by atoms with Crippen molar-refractivity contribution < 1.29 is 4.79 Å². The van der Waals surface area contributed by atoms with Crippen molar-refractivity contribution in [2.75, 3.05) is 0 Å². The van der Waals surface area contributed by atoms with Gasteiger partial charge in [-0.15, -0.1) is 11.3 Å². The lowest BCUT2D eigenvalue weighted by atomic mass is 10.0. The van der Waals surface area contributed by atoms with Gasteiger partial charge in [0.25, 0.3) is 5.56 Å². The van der Waals surface area contributed by atoms with Crippen LogP contribution in [0.1, 0.15) is 13.0 Å². The Morgan fingerprint density at radius 1 is 1.00 bits per heavy atom. The largest absolute Gasteiger partial charge is 0.368 e. The number of hydrogen-bond donors (Lipinski definition) is 2. The van der Waals surface area contributed by atoms with Crippen LogP contribution < -0.4 is 17.0 Å². The van der Waals surface area contributed by atoms with Crippen molar-refractivity contribution in [3.05, 3.63) is 80.8 Å². The van der Waals surface area contributed by atoms with Crippen LogP contribution in [0.3, 0.4) is 0 Å². The molecule has 0 saturated heterocycles. The lowest BCUT2D eigenvalue weighted by molar-refractivity contribution is -0.120. The van der Waals surface area contributed by atoms with Crippen molar-refractivity contribution in [2.24, 2.45) is 5.73 Å². The Morgan fingerprint density at radius 2 is 1.61 bits per heavy atom. The van der Waals surface area contributed by atoms with Crippen LogP contribution in [0.25, 0.3) is 32.5 Å². The number of benzene rings is 2. The molecule has 28 heavy (non-hydrogen) atoms. The fraction of sp³-hybridized carbons (Fsp3) is 0.0952. The van der Waals surface area contributed by atoms with E-state index in [1.54, 1.807) is 0 Å². The zero-order valence-electron chi connectivity index (χ0n) is 15.0. The number of thiophene rings is 1. The molecule has 0 aliphatic heterocycles. The van der Waals surface area contributed by atoms with Crippen molar-refractivity contribution in [1.29, 1.82) is 0 Å². The van der Waals surface area contributed by atoms with Gasteiger partial charge in [0.15, 0.2) is 0 Å². The maximum atomic E-state index is 13.0. The van der Waals surface area contributed by atoms with Crippen LogP contribution in [-0.4, -0.2) is 15.5 Å². The number of primary amides is 1. The van der Waals surface area contributed by atoms with Crippen LogP contribution in [0, 0.1) is 0 Å². The smallest absolute Gasteiger partial charge is 0.330 e. The number of carbonyl (C=O) groups excluding carboxylic acids is 1. The number of H-pyrrole nitrogens is 1. The summed E-state index contributed by atoms with van der Waals surface area (Å²) >= 11 is 1.28. The van der Waals surface area contributed by atoms with Crippen LogP contribution >= 0.6 is 11.3 Å². The summed E-state index contributed by atoms with van der Waals surface area (Å²) in [6.07, 6.45) is 0. The molecule has 2 aromatic carbocycles. The van der Waals surface area contributed by atoms with Gasteiger partial charge in [0.05, 0.1) is 5.39 Å². The first kappa shape index (κ1) is 17.9. The van der Waals surface area contributed by atoms with E-state index in [9.17, 15) is 14.4 Å². The Morgan fingerprint density at radius 3 is 2.25 bits per heavy atom. The fourth-order valence-electron chi connectivity index (χ4n) is 3.20. The molecule has 0 aliphatic rings. The molecule has 0 bridgehead atoms. The quantitative estimate of drug-likeness (QED) is 0.559. The molecular formula is C21H17N3O3S. The Balaban J connectivity index is 1.86. The second-order valence-corrected chi connectivity index (χ2v) is 7.36. The lowest BCUT2D eigenvalue weighted by Gasteiger charge is -2.10. The predicted molar refractivity (Wildman–Crippen MR) is 111 cm³/mol. The maximum Gasteiger partial charge on any atom is 0.330 e. The third-order valence-electron chi connectivity index (χ3n) is 4.77. The molecule has 6 nitrogen and oxygen atoms in total. The van der Waals surface area contributed by atoms with E-state index in [1.165, 1.54) is 18.3 Å². The minimum atomic E-state index is -1.03. The Kier molecular flexibility index (Phi) is 4.44. The first-order valence-electron chi connectivity index (χ1n) is 8.68. The molecule has 0 aliphatic carbocycles. The van der Waals surface area contributed by atoms with Gasteiger partial charge in [-0.3, -0.25) is 14.6 Å². The number of nitrogens with two attached hydrogens (primary N) is 1. The lowest BCUT2D eigenvalue weighted by Crippen LogP contribution is -2.41. The van der Waals surface area contributed by atoms with Crippen molar-refractivity contribution in [1.82, 2.24) is 9.55 Å². The minimum Gasteiger partial charge on any atom is -0.368 e. The van der Waals surface area contributed by atoms with Gasteiger partial charge in [-0.1, -0.05) is 54.6 Å². The Hall–Kier alpha value is -3.45. The summed E-state index contributed by atoms with van der Waals surface area (Å²) in [6, 6.07) is 16.8. The third-order valence-corrected chi connectivity index (χ3v) is 5.66. The van der Waals surface area contributed by atoms with Crippen LogP contribution in [0.5, 0.6) is 0 Å². The number of hydrogen-bond acceptors (Lipinski definition) is 4.